The van der Waals surface area contributed by atoms with Crippen LogP contribution in [0.25, 0.3) is 0 Å². The van der Waals surface area contributed by atoms with Gasteiger partial charge in [0, 0.05) is 21.4 Å². The van der Waals surface area contributed by atoms with E-state index in [0.717, 1.165) is 18.4 Å². The van der Waals surface area contributed by atoms with Gasteiger partial charge in [-0.15, -0.1) is 0 Å². The van der Waals surface area contributed by atoms with Crippen molar-refractivity contribution in [3.8, 4) is 0 Å². The van der Waals surface area contributed by atoms with E-state index in [4.69, 9.17) is 0 Å². The summed E-state index contributed by atoms with van der Waals surface area (Å²) in [6.07, 6.45) is 1.05. The van der Waals surface area contributed by atoms with Gasteiger partial charge in [0.1, 0.15) is 0 Å². The fraction of sp³-hybridized carbons (Fsp3) is 0.250. The van der Waals surface area contributed by atoms with E-state index in [1.807, 2.05) is 35.3 Å². The number of hydrogen-bond acceptors (Lipinski definition) is 3. The van der Waals surface area contributed by atoms with Crippen molar-refractivity contribution in [1.82, 2.24) is 4.94 Å². The maximum Gasteiger partial charge on any atom is 0.0547 e. The van der Waals surface area contributed by atoms with Crippen LogP contribution in [0.15, 0.2) is 30.3 Å². The van der Waals surface area contributed by atoms with E-state index in [9.17, 15) is 5.21 Å². The van der Waals surface area contributed by atoms with E-state index in [1.165, 1.54) is 4.94 Å². The summed E-state index contributed by atoms with van der Waals surface area (Å²) in [4.78, 5) is 1.30. The van der Waals surface area contributed by atoms with Crippen LogP contribution in [0.3, 0.4) is 0 Å². The van der Waals surface area contributed by atoms with Crippen molar-refractivity contribution in [2.75, 3.05) is 17.7 Å². The van der Waals surface area contributed by atoms with Gasteiger partial charge >= 0.3 is 0 Å². The number of nitrogens with zero attached hydrogens (tertiary/aromatic N) is 2. The molecule has 0 radical (unpaired) electrons. The second-order valence-corrected chi connectivity index (χ2v) is 3.87. The lowest BCUT2D eigenvalue weighted by Gasteiger charge is -2.23. The molecule has 0 aromatic heterocycles. The Bertz CT molecular complexity index is 254. The molecule has 1 atom stereocenters. The molecule has 3 nitrogen and oxygen atoms in total. The predicted octanol–water partition coefficient (Wildman–Crippen LogP) is 1.71. The molecule has 0 saturated carbocycles. The molecular formula is C8H11N2OP. The highest BCUT2D eigenvalue weighted by Crippen LogP contribution is 2.29. The van der Waals surface area contributed by atoms with E-state index >= 15 is 0 Å². The number of benzene rings is 1. The number of rotatable bonds is 1. The zero-order valence-corrected chi connectivity index (χ0v) is 7.64. The van der Waals surface area contributed by atoms with E-state index in [-0.39, 0.29) is 0 Å². The summed E-state index contributed by atoms with van der Waals surface area (Å²) in [6, 6.07) is 9.93. The van der Waals surface area contributed by atoms with Gasteiger partial charge in [0.2, 0.25) is 0 Å². The summed E-state index contributed by atoms with van der Waals surface area (Å²) in [5, 5.41) is 11.3. The second kappa shape index (κ2) is 3.40. The van der Waals surface area contributed by atoms with Gasteiger partial charge in [-0.3, -0.25) is 10.2 Å². The third kappa shape index (κ3) is 1.44. The molecule has 0 bridgehead atoms. The SMILES string of the molecule is ON1PCCN1c1ccccc1. The largest absolute Gasteiger partial charge is 0.291 e. The van der Waals surface area contributed by atoms with Crippen molar-refractivity contribution in [2.45, 2.75) is 0 Å². The highest BCUT2D eigenvalue weighted by atomic mass is 31.1. The van der Waals surface area contributed by atoms with Crippen LogP contribution in [0.5, 0.6) is 0 Å². The number of para-hydroxylation sites is 1. The molecule has 64 valence electrons. The normalized spacial score (nSPS) is 20.6. The molecule has 1 N–H and O–H groups in total. The predicted molar refractivity (Wildman–Crippen MR) is 50.6 cm³/mol. The van der Waals surface area contributed by atoms with Crippen LogP contribution in [-0.4, -0.2) is 22.9 Å². The molecule has 1 aliphatic rings. The second-order valence-electron chi connectivity index (χ2n) is 2.66. The summed E-state index contributed by atoms with van der Waals surface area (Å²) in [5.41, 5.74) is 1.06. The molecular weight excluding hydrogens is 171 g/mol. The van der Waals surface area contributed by atoms with Crippen LogP contribution in [0, 0.1) is 0 Å². The minimum absolute atomic E-state index is 0.503. The smallest absolute Gasteiger partial charge is 0.0547 e. The third-order valence-corrected chi connectivity index (χ3v) is 2.83. The molecule has 0 amide bonds. The van der Waals surface area contributed by atoms with E-state index in [1.54, 1.807) is 0 Å². The molecule has 2 rings (SSSR count). The highest BCUT2D eigenvalue weighted by molar-refractivity contribution is 7.35. The maximum atomic E-state index is 9.41. The summed E-state index contributed by atoms with van der Waals surface area (Å²) < 4.78 is 0. The molecule has 1 heterocycles. The van der Waals surface area contributed by atoms with E-state index in [0.29, 0.717) is 8.73 Å². The van der Waals surface area contributed by atoms with Crippen molar-refractivity contribution < 1.29 is 5.21 Å². The Labute approximate surface area is 73.4 Å². The third-order valence-electron chi connectivity index (χ3n) is 1.86. The summed E-state index contributed by atoms with van der Waals surface area (Å²) in [6.45, 7) is 0.916. The molecule has 4 heteroatoms. The highest BCUT2D eigenvalue weighted by Gasteiger charge is 2.19. The van der Waals surface area contributed by atoms with Crippen molar-refractivity contribution in [3.05, 3.63) is 30.3 Å². The van der Waals surface area contributed by atoms with Gasteiger partial charge in [0.25, 0.3) is 0 Å². The first-order valence-electron chi connectivity index (χ1n) is 3.93. The van der Waals surface area contributed by atoms with E-state index < -0.39 is 0 Å². The Balaban J connectivity index is 2.19. The van der Waals surface area contributed by atoms with Crippen molar-refractivity contribution in [2.24, 2.45) is 0 Å². The van der Waals surface area contributed by atoms with Gasteiger partial charge < -0.3 is 0 Å². The Morgan fingerprint density at radius 1 is 1.25 bits per heavy atom. The molecule has 1 aromatic carbocycles. The van der Waals surface area contributed by atoms with Gasteiger partial charge in [-0.1, -0.05) is 23.1 Å². The fourth-order valence-electron chi connectivity index (χ4n) is 1.27. The Kier molecular flexibility index (Phi) is 2.26. The van der Waals surface area contributed by atoms with Crippen LogP contribution in [-0.2, 0) is 0 Å². The minimum atomic E-state index is 0.503. The van der Waals surface area contributed by atoms with Crippen molar-refractivity contribution in [1.29, 1.82) is 0 Å². The van der Waals surface area contributed by atoms with Crippen LogP contribution in [0.1, 0.15) is 0 Å². The molecule has 1 saturated heterocycles. The van der Waals surface area contributed by atoms with Crippen molar-refractivity contribution in [3.63, 3.8) is 0 Å². The van der Waals surface area contributed by atoms with Crippen LogP contribution in [0.4, 0.5) is 5.69 Å². The van der Waals surface area contributed by atoms with Crippen LogP contribution in [0.2, 0.25) is 0 Å². The molecule has 1 aliphatic heterocycles. The number of hydrogen-bond donors (Lipinski definition) is 1. The van der Waals surface area contributed by atoms with Gasteiger partial charge in [0.15, 0.2) is 0 Å². The fourth-order valence-corrected chi connectivity index (χ4v) is 2.17. The molecule has 0 spiro atoms. The Morgan fingerprint density at radius 2 is 2.00 bits per heavy atom. The zero-order chi connectivity index (χ0) is 8.39. The Hall–Kier alpha value is -0.630. The minimum Gasteiger partial charge on any atom is -0.291 e. The number of anilines is 1. The topological polar surface area (TPSA) is 26.7 Å². The zero-order valence-electron chi connectivity index (χ0n) is 6.64. The first kappa shape index (κ1) is 7.99. The lowest BCUT2D eigenvalue weighted by Crippen LogP contribution is -2.29. The first-order chi connectivity index (χ1) is 5.88. The Morgan fingerprint density at radius 3 is 2.58 bits per heavy atom. The summed E-state index contributed by atoms with van der Waals surface area (Å²) in [5.74, 6) is 0. The van der Waals surface area contributed by atoms with Gasteiger partial charge in [0.05, 0.1) is 5.69 Å². The van der Waals surface area contributed by atoms with Crippen LogP contribution < -0.4 is 5.01 Å². The van der Waals surface area contributed by atoms with Gasteiger partial charge in [-0.05, 0) is 12.1 Å². The van der Waals surface area contributed by atoms with Crippen molar-refractivity contribution >= 4 is 14.4 Å². The lowest BCUT2D eigenvalue weighted by molar-refractivity contribution is 0.00845. The van der Waals surface area contributed by atoms with Crippen LogP contribution >= 0.6 is 8.73 Å². The standard InChI is InChI=1S/C8H11N2OP/c11-10-9(6-7-12-10)8-4-2-1-3-5-8/h1-5,11-12H,6-7H2. The average Bonchev–Trinajstić information content (AvgIpc) is 2.53. The molecule has 0 aliphatic carbocycles. The summed E-state index contributed by atoms with van der Waals surface area (Å²) >= 11 is 0. The monoisotopic (exact) mass is 182 g/mol. The van der Waals surface area contributed by atoms with Gasteiger partial charge in [-0.25, -0.2) is 0 Å². The van der Waals surface area contributed by atoms with E-state index in [2.05, 4.69) is 0 Å². The lowest BCUT2D eigenvalue weighted by atomic mass is 10.3. The average molecular weight is 182 g/mol. The quantitative estimate of drug-likeness (QED) is 0.670. The van der Waals surface area contributed by atoms with Gasteiger partial charge in [-0.2, -0.15) is 0 Å². The molecule has 1 unspecified atom stereocenters. The summed E-state index contributed by atoms with van der Waals surface area (Å²) in [7, 11) is 0.503. The molecule has 12 heavy (non-hydrogen) atoms. The molecule has 1 fully saturated rings. The number of hydrazine groups is 1. The first-order valence-corrected chi connectivity index (χ1v) is 5.08. The molecule has 1 aromatic rings. The maximum absolute atomic E-state index is 9.41.